The van der Waals surface area contributed by atoms with Crippen molar-refractivity contribution in [2.75, 3.05) is 20.8 Å². The zero-order valence-corrected chi connectivity index (χ0v) is 11.8. The monoisotopic (exact) mass is 261 g/mol. The minimum atomic E-state index is 0.550. The molecule has 1 aromatic rings. The van der Waals surface area contributed by atoms with Crippen LogP contribution in [0.15, 0.2) is 30.4 Å². The van der Waals surface area contributed by atoms with Gasteiger partial charge in [0.05, 0.1) is 14.2 Å². The van der Waals surface area contributed by atoms with E-state index in [1.165, 1.54) is 24.8 Å². The summed E-state index contributed by atoms with van der Waals surface area (Å²) in [6, 6.07) is 6.67. The predicted octanol–water partition coefficient (Wildman–Crippen LogP) is 2.94. The van der Waals surface area contributed by atoms with Crippen LogP contribution in [0.5, 0.6) is 11.5 Å². The van der Waals surface area contributed by atoms with E-state index in [1.807, 2.05) is 6.07 Å². The SMILES string of the molecule is COc1ccc(CCNC2C=CCCC2)cc1OC. The lowest BCUT2D eigenvalue weighted by Gasteiger charge is -2.18. The summed E-state index contributed by atoms with van der Waals surface area (Å²) >= 11 is 0. The fourth-order valence-corrected chi connectivity index (χ4v) is 2.42. The van der Waals surface area contributed by atoms with Crippen LogP contribution in [0.25, 0.3) is 0 Å². The van der Waals surface area contributed by atoms with E-state index in [2.05, 4.69) is 29.6 Å². The fraction of sp³-hybridized carbons (Fsp3) is 0.500. The first-order chi connectivity index (χ1) is 9.33. The van der Waals surface area contributed by atoms with Gasteiger partial charge in [0.1, 0.15) is 0 Å². The molecule has 0 aromatic heterocycles. The molecule has 3 nitrogen and oxygen atoms in total. The van der Waals surface area contributed by atoms with Crippen molar-refractivity contribution in [1.82, 2.24) is 5.32 Å². The standard InChI is InChI=1S/C16H23NO2/c1-18-15-9-8-13(12-16(15)19-2)10-11-17-14-6-4-3-5-7-14/h4,6,8-9,12,14,17H,3,5,7,10-11H2,1-2H3. The van der Waals surface area contributed by atoms with Crippen molar-refractivity contribution >= 4 is 0 Å². The van der Waals surface area contributed by atoms with Crippen LogP contribution in [0.1, 0.15) is 24.8 Å². The Morgan fingerprint density at radius 1 is 1.21 bits per heavy atom. The van der Waals surface area contributed by atoms with Gasteiger partial charge in [-0.15, -0.1) is 0 Å². The van der Waals surface area contributed by atoms with Crippen LogP contribution in [0.2, 0.25) is 0 Å². The molecule has 0 bridgehead atoms. The maximum Gasteiger partial charge on any atom is 0.160 e. The molecule has 1 aliphatic rings. The van der Waals surface area contributed by atoms with Crippen LogP contribution in [0.3, 0.4) is 0 Å². The topological polar surface area (TPSA) is 30.5 Å². The lowest BCUT2D eigenvalue weighted by atomic mass is 10.0. The highest BCUT2D eigenvalue weighted by Gasteiger charge is 2.08. The Morgan fingerprint density at radius 3 is 2.74 bits per heavy atom. The molecule has 0 aliphatic heterocycles. The Hall–Kier alpha value is -1.48. The minimum Gasteiger partial charge on any atom is -0.493 e. The minimum absolute atomic E-state index is 0.550. The van der Waals surface area contributed by atoms with E-state index in [0.717, 1.165) is 24.5 Å². The van der Waals surface area contributed by atoms with Crippen LogP contribution in [0, 0.1) is 0 Å². The van der Waals surface area contributed by atoms with Crippen LogP contribution in [-0.2, 0) is 6.42 Å². The molecule has 1 N–H and O–H groups in total. The van der Waals surface area contributed by atoms with Gasteiger partial charge in [-0.3, -0.25) is 0 Å². The Kier molecular flexibility index (Phi) is 5.28. The Labute approximate surface area is 115 Å². The second kappa shape index (κ2) is 7.19. The zero-order chi connectivity index (χ0) is 13.5. The summed E-state index contributed by atoms with van der Waals surface area (Å²) in [7, 11) is 3.33. The number of nitrogens with one attached hydrogen (secondary N) is 1. The predicted molar refractivity (Wildman–Crippen MR) is 78.0 cm³/mol. The lowest BCUT2D eigenvalue weighted by Crippen LogP contribution is -2.30. The summed E-state index contributed by atoms with van der Waals surface area (Å²) in [6.45, 7) is 0.991. The quantitative estimate of drug-likeness (QED) is 0.799. The summed E-state index contributed by atoms with van der Waals surface area (Å²) in [5, 5.41) is 3.58. The molecule has 0 spiro atoms. The first-order valence-corrected chi connectivity index (χ1v) is 6.94. The molecule has 1 unspecified atom stereocenters. The molecule has 0 radical (unpaired) electrons. The molecule has 0 fully saturated rings. The van der Waals surface area contributed by atoms with Crippen molar-refractivity contribution in [3.05, 3.63) is 35.9 Å². The summed E-state index contributed by atoms with van der Waals surface area (Å²) < 4.78 is 10.6. The van der Waals surface area contributed by atoms with Gasteiger partial charge in [-0.1, -0.05) is 18.2 Å². The van der Waals surface area contributed by atoms with Gasteiger partial charge in [-0.2, -0.15) is 0 Å². The number of allylic oxidation sites excluding steroid dienone is 1. The molecule has 1 atom stereocenters. The van der Waals surface area contributed by atoms with Crippen molar-refractivity contribution in [3.8, 4) is 11.5 Å². The molecule has 2 rings (SSSR count). The van der Waals surface area contributed by atoms with Crippen molar-refractivity contribution in [3.63, 3.8) is 0 Å². The van der Waals surface area contributed by atoms with E-state index in [-0.39, 0.29) is 0 Å². The Morgan fingerprint density at radius 2 is 2.05 bits per heavy atom. The molecule has 3 heteroatoms. The van der Waals surface area contributed by atoms with E-state index in [4.69, 9.17) is 9.47 Å². The van der Waals surface area contributed by atoms with Crippen molar-refractivity contribution in [2.45, 2.75) is 31.7 Å². The third kappa shape index (κ3) is 4.00. The maximum atomic E-state index is 5.32. The smallest absolute Gasteiger partial charge is 0.160 e. The van der Waals surface area contributed by atoms with E-state index in [0.29, 0.717) is 6.04 Å². The molecule has 0 saturated carbocycles. The number of benzene rings is 1. The lowest BCUT2D eigenvalue weighted by molar-refractivity contribution is 0.354. The second-order valence-electron chi connectivity index (χ2n) is 4.86. The van der Waals surface area contributed by atoms with Crippen molar-refractivity contribution < 1.29 is 9.47 Å². The summed E-state index contributed by atoms with van der Waals surface area (Å²) in [4.78, 5) is 0. The number of hydrogen-bond donors (Lipinski definition) is 1. The van der Waals surface area contributed by atoms with Crippen molar-refractivity contribution in [2.24, 2.45) is 0 Å². The van der Waals surface area contributed by atoms with Crippen LogP contribution in [0.4, 0.5) is 0 Å². The molecule has 0 amide bonds. The number of ether oxygens (including phenoxy) is 2. The zero-order valence-electron chi connectivity index (χ0n) is 11.8. The second-order valence-corrected chi connectivity index (χ2v) is 4.86. The van der Waals surface area contributed by atoms with Gasteiger partial charge in [0.2, 0.25) is 0 Å². The molecule has 1 aromatic carbocycles. The molecule has 0 saturated heterocycles. The molecule has 1 aliphatic carbocycles. The Bertz CT molecular complexity index is 429. The van der Waals surface area contributed by atoms with Crippen LogP contribution >= 0.6 is 0 Å². The fourth-order valence-electron chi connectivity index (χ4n) is 2.42. The van der Waals surface area contributed by atoms with Crippen molar-refractivity contribution in [1.29, 1.82) is 0 Å². The van der Waals surface area contributed by atoms with Crippen LogP contribution < -0.4 is 14.8 Å². The van der Waals surface area contributed by atoms with Gasteiger partial charge in [0.15, 0.2) is 11.5 Å². The largest absolute Gasteiger partial charge is 0.493 e. The highest BCUT2D eigenvalue weighted by molar-refractivity contribution is 5.42. The van der Waals surface area contributed by atoms with Gasteiger partial charge >= 0.3 is 0 Å². The molecule has 19 heavy (non-hydrogen) atoms. The first-order valence-electron chi connectivity index (χ1n) is 6.94. The summed E-state index contributed by atoms with van der Waals surface area (Å²) in [6.07, 6.45) is 9.35. The third-order valence-electron chi connectivity index (χ3n) is 3.52. The molecule has 0 heterocycles. The molecular formula is C16H23NO2. The number of hydrogen-bond acceptors (Lipinski definition) is 3. The average molecular weight is 261 g/mol. The van der Waals surface area contributed by atoms with E-state index >= 15 is 0 Å². The van der Waals surface area contributed by atoms with E-state index in [9.17, 15) is 0 Å². The van der Waals surface area contributed by atoms with Gasteiger partial charge < -0.3 is 14.8 Å². The van der Waals surface area contributed by atoms with Gasteiger partial charge in [0.25, 0.3) is 0 Å². The number of rotatable bonds is 6. The van der Waals surface area contributed by atoms with Gasteiger partial charge in [0, 0.05) is 6.04 Å². The highest BCUT2D eigenvalue weighted by atomic mass is 16.5. The molecular weight excluding hydrogens is 238 g/mol. The average Bonchev–Trinajstić information content (AvgIpc) is 2.48. The van der Waals surface area contributed by atoms with E-state index < -0.39 is 0 Å². The van der Waals surface area contributed by atoms with Crippen LogP contribution in [-0.4, -0.2) is 26.8 Å². The van der Waals surface area contributed by atoms with E-state index in [1.54, 1.807) is 14.2 Å². The Balaban J connectivity index is 1.85. The summed E-state index contributed by atoms with van der Waals surface area (Å²) in [5.41, 5.74) is 1.27. The van der Waals surface area contributed by atoms with Gasteiger partial charge in [-0.05, 0) is 49.9 Å². The maximum absolute atomic E-state index is 5.32. The third-order valence-corrected chi connectivity index (χ3v) is 3.52. The first kappa shape index (κ1) is 13.9. The summed E-state index contributed by atoms with van der Waals surface area (Å²) in [5.74, 6) is 1.59. The van der Waals surface area contributed by atoms with Gasteiger partial charge in [-0.25, -0.2) is 0 Å². The highest BCUT2D eigenvalue weighted by Crippen LogP contribution is 2.27. The number of methoxy groups -OCH3 is 2. The molecule has 104 valence electrons. The normalized spacial score (nSPS) is 18.3.